The lowest BCUT2D eigenvalue weighted by Gasteiger charge is -2.21. The van der Waals surface area contributed by atoms with Crippen molar-refractivity contribution < 1.29 is 4.39 Å². The molecule has 1 atom stereocenters. The summed E-state index contributed by atoms with van der Waals surface area (Å²) < 4.78 is 13.0. The third kappa shape index (κ3) is 4.83. The maximum atomic E-state index is 13.0. The largest absolute Gasteiger partial charge is 0.314 e. The van der Waals surface area contributed by atoms with Gasteiger partial charge < -0.3 is 5.32 Å². The fraction of sp³-hybridized carbons (Fsp3) is 0.333. The van der Waals surface area contributed by atoms with Crippen LogP contribution in [0.5, 0.6) is 0 Å². The molecule has 0 aliphatic carbocycles. The summed E-state index contributed by atoms with van der Waals surface area (Å²) in [6.45, 7) is 5.10. The Bertz CT molecular complexity index is 566. The molecule has 0 fully saturated rings. The molecule has 21 heavy (non-hydrogen) atoms. The van der Waals surface area contributed by atoms with Gasteiger partial charge in [-0.05, 0) is 35.7 Å². The average Bonchev–Trinajstić information content (AvgIpc) is 2.46. The van der Waals surface area contributed by atoms with E-state index in [1.165, 1.54) is 12.1 Å². The predicted octanol–water partition coefficient (Wildman–Crippen LogP) is 4.80. The van der Waals surface area contributed by atoms with E-state index < -0.39 is 0 Å². The Labute approximate surface area is 131 Å². The monoisotopic (exact) mass is 305 g/mol. The molecule has 0 bridgehead atoms. The van der Waals surface area contributed by atoms with Crippen molar-refractivity contribution in [3.8, 4) is 0 Å². The van der Waals surface area contributed by atoms with Gasteiger partial charge in [0.2, 0.25) is 0 Å². The van der Waals surface area contributed by atoms with E-state index in [-0.39, 0.29) is 11.7 Å². The Balaban J connectivity index is 2.19. The van der Waals surface area contributed by atoms with Crippen LogP contribution in [0.1, 0.15) is 30.9 Å². The number of hydrogen-bond donors (Lipinski definition) is 1. The Morgan fingerprint density at radius 1 is 1.05 bits per heavy atom. The van der Waals surface area contributed by atoms with E-state index in [2.05, 4.69) is 25.2 Å². The summed E-state index contributed by atoms with van der Waals surface area (Å²) >= 11 is 6.34. The van der Waals surface area contributed by atoms with Gasteiger partial charge in [-0.25, -0.2) is 4.39 Å². The summed E-state index contributed by atoms with van der Waals surface area (Å²) in [5, 5.41) is 4.26. The molecule has 3 heteroatoms. The molecule has 2 aromatic rings. The SMILES string of the molecule is CC(C)NCC(Cc1ccc(F)cc1)c1ccccc1Cl. The molecule has 0 aliphatic rings. The number of halogens is 2. The fourth-order valence-corrected chi connectivity index (χ4v) is 2.67. The van der Waals surface area contributed by atoms with Gasteiger partial charge in [-0.1, -0.05) is 55.8 Å². The van der Waals surface area contributed by atoms with Gasteiger partial charge in [0, 0.05) is 23.5 Å². The predicted molar refractivity (Wildman–Crippen MR) is 87.4 cm³/mol. The lowest BCUT2D eigenvalue weighted by atomic mass is 9.91. The standard InChI is InChI=1S/C18H21ClFN/c1-13(2)21-12-15(17-5-3-4-6-18(17)19)11-14-7-9-16(20)10-8-14/h3-10,13,15,21H,11-12H2,1-2H3. The highest BCUT2D eigenvalue weighted by Gasteiger charge is 2.15. The third-order valence-electron chi connectivity index (χ3n) is 3.51. The van der Waals surface area contributed by atoms with Crippen LogP contribution in [0.3, 0.4) is 0 Å². The molecule has 0 radical (unpaired) electrons. The minimum absolute atomic E-state index is 0.201. The van der Waals surface area contributed by atoms with Gasteiger partial charge in [0.15, 0.2) is 0 Å². The molecular weight excluding hydrogens is 285 g/mol. The third-order valence-corrected chi connectivity index (χ3v) is 3.86. The van der Waals surface area contributed by atoms with Crippen LogP contribution < -0.4 is 5.32 Å². The van der Waals surface area contributed by atoms with Gasteiger partial charge in [-0.3, -0.25) is 0 Å². The lowest BCUT2D eigenvalue weighted by Crippen LogP contribution is -2.29. The topological polar surface area (TPSA) is 12.0 Å². The summed E-state index contributed by atoms with van der Waals surface area (Å²) in [7, 11) is 0. The van der Waals surface area contributed by atoms with Crippen LogP contribution in [0.25, 0.3) is 0 Å². The molecule has 0 aliphatic heterocycles. The molecule has 1 nitrogen and oxygen atoms in total. The van der Waals surface area contributed by atoms with Gasteiger partial charge in [-0.2, -0.15) is 0 Å². The normalized spacial score (nSPS) is 12.6. The van der Waals surface area contributed by atoms with Crippen LogP contribution >= 0.6 is 11.6 Å². The van der Waals surface area contributed by atoms with Crippen molar-refractivity contribution in [2.75, 3.05) is 6.54 Å². The van der Waals surface area contributed by atoms with Crippen LogP contribution in [-0.4, -0.2) is 12.6 Å². The second-order valence-corrected chi connectivity index (χ2v) is 6.02. The van der Waals surface area contributed by atoms with E-state index in [0.717, 1.165) is 29.1 Å². The molecule has 1 unspecified atom stereocenters. The van der Waals surface area contributed by atoms with Crippen LogP contribution in [0, 0.1) is 5.82 Å². The second kappa shape index (κ2) is 7.58. The van der Waals surface area contributed by atoms with Crippen LogP contribution in [0.2, 0.25) is 5.02 Å². The molecule has 1 N–H and O–H groups in total. The van der Waals surface area contributed by atoms with Gasteiger partial charge in [0.25, 0.3) is 0 Å². The van der Waals surface area contributed by atoms with Crippen molar-refractivity contribution in [1.29, 1.82) is 0 Å². The molecule has 0 heterocycles. The zero-order chi connectivity index (χ0) is 15.2. The van der Waals surface area contributed by atoms with Crippen LogP contribution in [0.4, 0.5) is 4.39 Å². The molecule has 2 rings (SSSR count). The quantitative estimate of drug-likeness (QED) is 0.808. The summed E-state index contributed by atoms with van der Waals surface area (Å²) in [6, 6.07) is 15.1. The first kappa shape index (κ1) is 16.0. The Morgan fingerprint density at radius 3 is 2.33 bits per heavy atom. The van der Waals surface area contributed by atoms with Gasteiger partial charge >= 0.3 is 0 Å². The second-order valence-electron chi connectivity index (χ2n) is 5.61. The zero-order valence-corrected chi connectivity index (χ0v) is 13.2. The molecule has 112 valence electrons. The molecule has 0 aromatic heterocycles. The number of nitrogens with one attached hydrogen (secondary N) is 1. The van der Waals surface area contributed by atoms with Crippen molar-refractivity contribution >= 4 is 11.6 Å². The van der Waals surface area contributed by atoms with E-state index >= 15 is 0 Å². The minimum Gasteiger partial charge on any atom is -0.314 e. The minimum atomic E-state index is -0.201. The molecule has 0 saturated carbocycles. The average molecular weight is 306 g/mol. The van der Waals surface area contributed by atoms with E-state index in [9.17, 15) is 4.39 Å². The molecule has 0 spiro atoms. The fourth-order valence-electron chi connectivity index (χ4n) is 2.38. The van der Waals surface area contributed by atoms with Crippen LogP contribution in [-0.2, 0) is 6.42 Å². The lowest BCUT2D eigenvalue weighted by molar-refractivity contribution is 0.526. The van der Waals surface area contributed by atoms with Crippen molar-refractivity contribution in [2.24, 2.45) is 0 Å². The first-order valence-corrected chi connectivity index (χ1v) is 7.66. The van der Waals surface area contributed by atoms with Gasteiger partial charge in [-0.15, -0.1) is 0 Å². The highest BCUT2D eigenvalue weighted by molar-refractivity contribution is 6.31. The summed E-state index contributed by atoms with van der Waals surface area (Å²) in [5.41, 5.74) is 2.25. The molecule has 2 aromatic carbocycles. The van der Waals surface area contributed by atoms with E-state index in [0.29, 0.717) is 6.04 Å². The number of hydrogen-bond acceptors (Lipinski definition) is 1. The van der Waals surface area contributed by atoms with E-state index in [4.69, 9.17) is 11.6 Å². The maximum absolute atomic E-state index is 13.0. The Kier molecular flexibility index (Phi) is 5.77. The maximum Gasteiger partial charge on any atom is 0.123 e. The molecule has 0 amide bonds. The van der Waals surface area contributed by atoms with E-state index in [1.54, 1.807) is 0 Å². The summed E-state index contributed by atoms with van der Waals surface area (Å²) in [4.78, 5) is 0. The number of rotatable bonds is 6. The van der Waals surface area contributed by atoms with E-state index in [1.807, 2.05) is 30.3 Å². The highest BCUT2D eigenvalue weighted by Crippen LogP contribution is 2.27. The first-order chi connectivity index (χ1) is 10.1. The van der Waals surface area contributed by atoms with Crippen molar-refractivity contribution in [1.82, 2.24) is 5.32 Å². The zero-order valence-electron chi connectivity index (χ0n) is 12.4. The van der Waals surface area contributed by atoms with Gasteiger partial charge in [0.1, 0.15) is 5.82 Å². The summed E-state index contributed by atoms with van der Waals surface area (Å²) in [5.74, 6) is 0.0694. The molecular formula is C18H21ClFN. The smallest absolute Gasteiger partial charge is 0.123 e. The highest BCUT2D eigenvalue weighted by atomic mass is 35.5. The Hall–Kier alpha value is -1.38. The van der Waals surface area contributed by atoms with Crippen molar-refractivity contribution in [3.63, 3.8) is 0 Å². The van der Waals surface area contributed by atoms with Crippen LogP contribution in [0.15, 0.2) is 48.5 Å². The molecule has 0 saturated heterocycles. The summed E-state index contributed by atoms with van der Waals surface area (Å²) in [6.07, 6.45) is 0.837. The van der Waals surface area contributed by atoms with Gasteiger partial charge in [0.05, 0.1) is 0 Å². The first-order valence-electron chi connectivity index (χ1n) is 7.28. The van der Waals surface area contributed by atoms with Crippen molar-refractivity contribution in [2.45, 2.75) is 32.2 Å². The van der Waals surface area contributed by atoms with Crippen molar-refractivity contribution in [3.05, 3.63) is 70.5 Å². The Morgan fingerprint density at radius 2 is 1.71 bits per heavy atom. The number of benzene rings is 2.